The predicted molar refractivity (Wildman–Crippen MR) is 69.9 cm³/mol. The van der Waals surface area contributed by atoms with Crippen LogP contribution in [0, 0.1) is 0 Å². The van der Waals surface area contributed by atoms with E-state index in [1.807, 2.05) is 0 Å². The van der Waals surface area contributed by atoms with Crippen LogP contribution < -0.4 is 4.74 Å². The Morgan fingerprint density at radius 3 is 2.79 bits per heavy atom. The van der Waals surface area contributed by atoms with E-state index in [2.05, 4.69) is 14.9 Å². The van der Waals surface area contributed by atoms with Gasteiger partial charge in [0.1, 0.15) is 11.3 Å². The van der Waals surface area contributed by atoms with Gasteiger partial charge in [0.05, 0.1) is 18.3 Å². The lowest BCUT2D eigenvalue weighted by molar-refractivity contribution is 0.0596. The lowest BCUT2D eigenvalue weighted by Crippen LogP contribution is -2.06. The molecule has 2 aromatic rings. The average molecular weight is 299 g/mol. The summed E-state index contributed by atoms with van der Waals surface area (Å²) in [6.45, 7) is 0. The maximum atomic E-state index is 11.5. The molecule has 0 fully saturated rings. The number of rotatable bonds is 3. The van der Waals surface area contributed by atoms with Crippen LogP contribution in [0.3, 0.4) is 0 Å². The first kappa shape index (κ1) is 13.6. The van der Waals surface area contributed by atoms with Crippen LogP contribution in [-0.4, -0.2) is 23.3 Å². The molecule has 0 unspecified atom stereocenters. The molecule has 0 aliphatic rings. The first-order chi connectivity index (χ1) is 9.11. The molecule has 0 bridgehead atoms. The number of ether oxygens (including phenoxy) is 2. The molecule has 5 nitrogen and oxygen atoms in total. The second-order valence-electron chi connectivity index (χ2n) is 3.42. The van der Waals surface area contributed by atoms with Gasteiger partial charge < -0.3 is 9.47 Å². The number of hydrogen-bond acceptors (Lipinski definition) is 5. The SMILES string of the molecule is COC(=O)c1ccnnc1Oc1cc(Cl)ccc1Cl. The lowest BCUT2D eigenvalue weighted by Gasteiger charge is -2.09. The third-order valence-corrected chi connectivity index (χ3v) is 2.74. The highest BCUT2D eigenvalue weighted by Crippen LogP contribution is 2.32. The maximum Gasteiger partial charge on any atom is 0.343 e. The summed E-state index contributed by atoms with van der Waals surface area (Å²) in [6, 6.07) is 6.15. The van der Waals surface area contributed by atoms with Gasteiger partial charge in [0, 0.05) is 11.1 Å². The summed E-state index contributed by atoms with van der Waals surface area (Å²) in [5.41, 5.74) is 0.147. The Kier molecular flexibility index (Phi) is 4.19. The summed E-state index contributed by atoms with van der Waals surface area (Å²) >= 11 is 11.8. The van der Waals surface area contributed by atoms with Crippen LogP contribution in [0.4, 0.5) is 0 Å². The second kappa shape index (κ2) is 5.86. The van der Waals surface area contributed by atoms with Crippen molar-refractivity contribution in [2.45, 2.75) is 0 Å². The zero-order valence-corrected chi connectivity index (χ0v) is 11.3. The smallest absolute Gasteiger partial charge is 0.343 e. The van der Waals surface area contributed by atoms with Crippen LogP contribution in [0.2, 0.25) is 10.0 Å². The van der Waals surface area contributed by atoms with Crippen molar-refractivity contribution < 1.29 is 14.3 Å². The standard InChI is InChI=1S/C12H8Cl2N2O3/c1-18-12(17)8-4-5-15-16-11(8)19-10-6-7(13)2-3-9(10)14/h2-6H,1H3. The number of benzene rings is 1. The number of nitrogens with zero attached hydrogens (tertiary/aromatic N) is 2. The molecule has 0 amide bonds. The normalized spacial score (nSPS) is 10.1. The fourth-order valence-electron chi connectivity index (χ4n) is 1.32. The molecule has 19 heavy (non-hydrogen) atoms. The molecule has 0 atom stereocenters. The molecule has 0 aliphatic carbocycles. The molecule has 1 heterocycles. The molecule has 7 heteroatoms. The van der Waals surface area contributed by atoms with Gasteiger partial charge in [0.15, 0.2) is 0 Å². The first-order valence-electron chi connectivity index (χ1n) is 5.14. The number of methoxy groups -OCH3 is 1. The molecule has 1 aromatic carbocycles. The van der Waals surface area contributed by atoms with E-state index in [-0.39, 0.29) is 17.2 Å². The van der Waals surface area contributed by atoms with Crippen molar-refractivity contribution >= 4 is 29.2 Å². The molecule has 0 N–H and O–H groups in total. The van der Waals surface area contributed by atoms with Gasteiger partial charge in [-0.25, -0.2) is 4.79 Å². The minimum Gasteiger partial charge on any atom is -0.465 e. The summed E-state index contributed by atoms with van der Waals surface area (Å²) in [7, 11) is 1.26. The van der Waals surface area contributed by atoms with Gasteiger partial charge in [-0.2, -0.15) is 5.10 Å². The van der Waals surface area contributed by atoms with Gasteiger partial charge in [0.25, 0.3) is 5.88 Å². The van der Waals surface area contributed by atoms with Crippen molar-refractivity contribution in [3.05, 3.63) is 46.1 Å². The Balaban J connectivity index is 2.38. The molecule has 2 rings (SSSR count). The van der Waals surface area contributed by atoms with E-state index in [4.69, 9.17) is 27.9 Å². The lowest BCUT2D eigenvalue weighted by atomic mass is 10.3. The van der Waals surface area contributed by atoms with E-state index < -0.39 is 5.97 Å². The molecule has 0 spiro atoms. The van der Waals surface area contributed by atoms with Crippen molar-refractivity contribution in [1.29, 1.82) is 0 Å². The summed E-state index contributed by atoms with van der Waals surface area (Å²) in [5, 5.41) is 8.18. The summed E-state index contributed by atoms with van der Waals surface area (Å²) < 4.78 is 10.1. The predicted octanol–water partition coefficient (Wildman–Crippen LogP) is 3.36. The first-order valence-corrected chi connectivity index (χ1v) is 5.90. The molecule has 0 saturated carbocycles. The third-order valence-electron chi connectivity index (χ3n) is 2.19. The van der Waals surface area contributed by atoms with Gasteiger partial charge in [0.2, 0.25) is 0 Å². The highest BCUT2D eigenvalue weighted by atomic mass is 35.5. The zero-order chi connectivity index (χ0) is 13.8. The van der Waals surface area contributed by atoms with Crippen molar-refractivity contribution in [3.8, 4) is 11.6 Å². The molecular formula is C12H8Cl2N2O3. The topological polar surface area (TPSA) is 61.3 Å². The fraction of sp³-hybridized carbons (Fsp3) is 0.0833. The van der Waals surface area contributed by atoms with Crippen LogP contribution >= 0.6 is 23.2 Å². The van der Waals surface area contributed by atoms with Crippen molar-refractivity contribution in [2.24, 2.45) is 0 Å². The van der Waals surface area contributed by atoms with E-state index >= 15 is 0 Å². The number of carbonyl (C=O) groups excluding carboxylic acids is 1. The largest absolute Gasteiger partial charge is 0.465 e. The van der Waals surface area contributed by atoms with Gasteiger partial charge in [-0.1, -0.05) is 23.2 Å². The van der Waals surface area contributed by atoms with Crippen LogP contribution in [0.15, 0.2) is 30.5 Å². The summed E-state index contributed by atoms with van der Waals surface area (Å²) in [6.07, 6.45) is 1.36. The Hall–Kier alpha value is -1.85. The zero-order valence-electron chi connectivity index (χ0n) is 9.76. The van der Waals surface area contributed by atoms with E-state index in [1.165, 1.54) is 25.4 Å². The molecule has 0 saturated heterocycles. The van der Waals surface area contributed by atoms with Crippen molar-refractivity contribution in [3.63, 3.8) is 0 Å². The summed E-state index contributed by atoms with van der Waals surface area (Å²) in [5.74, 6) is -0.304. The minimum absolute atomic E-state index is 0.00137. The van der Waals surface area contributed by atoms with Crippen LogP contribution in [0.25, 0.3) is 0 Å². The Labute approximate surface area is 119 Å². The van der Waals surface area contributed by atoms with Crippen molar-refractivity contribution in [1.82, 2.24) is 10.2 Å². The average Bonchev–Trinajstić information content (AvgIpc) is 2.42. The quantitative estimate of drug-likeness (QED) is 0.813. The minimum atomic E-state index is -0.581. The molecule has 98 valence electrons. The molecule has 0 radical (unpaired) electrons. The van der Waals surface area contributed by atoms with Crippen LogP contribution in [-0.2, 0) is 4.74 Å². The number of esters is 1. The van der Waals surface area contributed by atoms with E-state index in [0.29, 0.717) is 10.0 Å². The van der Waals surface area contributed by atoms with E-state index in [0.717, 1.165) is 0 Å². The number of aromatic nitrogens is 2. The second-order valence-corrected chi connectivity index (χ2v) is 4.26. The van der Waals surface area contributed by atoms with E-state index in [9.17, 15) is 4.79 Å². The molecule has 1 aromatic heterocycles. The van der Waals surface area contributed by atoms with Crippen LogP contribution in [0.1, 0.15) is 10.4 Å². The van der Waals surface area contributed by atoms with Crippen molar-refractivity contribution in [2.75, 3.05) is 7.11 Å². The number of carbonyl (C=O) groups is 1. The highest BCUT2D eigenvalue weighted by molar-refractivity contribution is 6.34. The third kappa shape index (κ3) is 3.13. The number of hydrogen-bond donors (Lipinski definition) is 0. The number of halogens is 2. The van der Waals surface area contributed by atoms with E-state index in [1.54, 1.807) is 12.1 Å². The van der Waals surface area contributed by atoms with Gasteiger partial charge in [-0.15, -0.1) is 5.10 Å². The molecule has 0 aliphatic heterocycles. The van der Waals surface area contributed by atoms with Crippen LogP contribution in [0.5, 0.6) is 11.6 Å². The Morgan fingerprint density at radius 1 is 1.26 bits per heavy atom. The van der Waals surface area contributed by atoms with Gasteiger partial charge in [-0.3, -0.25) is 0 Å². The Morgan fingerprint density at radius 2 is 2.05 bits per heavy atom. The monoisotopic (exact) mass is 298 g/mol. The highest BCUT2D eigenvalue weighted by Gasteiger charge is 2.16. The summed E-state index contributed by atoms with van der Waals surface area (Å²) in [4.78, 5) is 11.5. The Bertz CT molecular complexity index is 620. The fourth-order valence-corrected chi connectivity index (χ4v) is 1.64. The van der Waals surface area contributed by atoms with Gasteiger partial charge in [-0.05, 0) is 18.2 Å². The van der Waals surface area contributed by atoms with Gasteiger partial charge >= 0.3 is 5.97 Å². The molecular weight excluding hydrogens is 291 g/mol. The maximum absolute atomic E-state index is 11.5.